The number of ether oxygens (including phenoxy) is 4. The lowest BCUT2D eigenvalue weighted by Crippen LogP contribution is -2.59. The van der Waals surface area contributed by atoms with Crippen LogP contribution in [-0.2, 0) is 38.1 Å². The van der Waals surface area contributed by atoms with Crippen LogP contribution in [0.3, 0.4) is 0 Å². The van der Waals surface area contributed by atoms with Gasteiger partial charge in [-0.25, -0.2) is 0 Å². The van der Waals surface area contributed by atoms with Gasteiger partial charge in [0.25, 0.3) is 0 Å². The number of rotatable bonds is 9. The molecule has 2 spiro atoms. The molecule has 1 N–H and O–H groups in total. The minimum Gasteiger partial charge on any atom is -0.457 e. The Balaban J connectivity index is 1.28. The average molecular weight is 631 g/mol. The molecule has 45 heavy (non-hydrogen) atoms. The number of aliphatic hydroxyl groups is 1. The summed E-state index contributed by atoms with van der Waals surface area (Å²) < 4.78 is 23.9. The Kier molecular flexibility index (Phi) is 7.87. The summed E-state index contributed by atoms with van der Waals surface area (Å²) in [7, 11) is 0. The highest BCUT2D eigenvalue weighted by molar-refractivity contribution is 5.93. The van der Waals surface area contributed by atoms with Crippen LogP contribution in [0.15, 0.2) is 0 Å². The van der Waals surface area contributed by atoms with Crippen LogP contribution in [0.1, 0.15) is 107 Å². The average Bonchev–Trinajstić information content (AvgIpc) is 3.59. The van der Waals surface area contributed by atoms with E-state index in [1.165, 1.54) is 6.92 Å². The zero-order chi connectivity index (χ0) is 33.0. The Hall–Kier alpha value is -1.68. The maximum absolute atomic E-state index is 14.9. The number of Topliss-reactive ketones (excluding diaryl/α,β-unsaturated/α-hetero) is 1. The van der Waals surface area contributed by atoms with Gasteiger partial charge >= 0.3 is 5.97 Å². The number of esters is 1. The van der Waals surface area contributed by atoms with Crippen molar-refractivity contribution >= 4 is 24.3 Å². The van der Waals surface area contributed by atoms with Crippen molar-refractivity contribution in [3.63, 3.8) is 0 Å². The first-order valence-electron chi connectivity index (χ1n) is 17.2. The van der Waals surface area contributed by atoms with Gasteiger partial charge in [0.1, 0.15) is 19.0 Å². The molecule has 0 aromatic carbocycles. The molecule has 0 aromatic rings. The van der Waals surface area contributed by atoms with Crippen LogP contribution in [0.5, 0.6) is 0 Å². The second-order valence-electron chi connectivity index (χ2n) is 17.2. The van der Waals surface area contributed by atoms with Gasteiger partial charge in [-0.15, -0.1) is 0 Å². The van der Waals surface area contributed by atoms with Crippen molar-refractivity contribution in [3.05, 3.63) is 0 Å². The molecule has 5 aliphatic carbocycles. The van der Waals surface area contributed by atoms with Crippen molar-refractivity contribution in [2.45, 2.75) is 143 Å². The molecular formula is C36H54O9. The minimum absolute atomic E-state index is 0.0722. The summed E-state index contributed by atoms with van der Waals surface area (Å²) in [6.45, 7) is 15.8. The number of carbonyl (C=O) groups is 4. The summed E-state index contributed by atoms with van der Waals surface area (Å²) in [4.78, 5) is 49.4. The Labute approximate surface area is 267 Å². The Morgan fingerprint density at radius 2 is 1.73 bits per heavy atom. The van der Waals surface area contributed by atoms with E-state index in [-0.39, 0.29) is 57.9 Å². The predicted molar refractivity (Wildman–Crippen MR) is 164 cm³/mol. The van der Waals surface area contributed by atoms with E-state index in [0.717, 1.165) is 44.9 Å². The van der Waals surface area contributed by atoms with Crippen molar-refractivity contribution in [3.8, 4) is 0 Å². The third-order valence-corrected chi connectivity index (χ3v) is 14.6. The van der Waals surface area contributed by atoms with Crippen molar-refractivity contribution in [1.82, 2.24) is 0 Å². The second kappa shape index (κ2) is 10.7. The fourth-order valence-corrected chi connectivity index (χ4v) is 12.7. The van der Waals surface area contributed by atoms with E-state index >= 15 is 0 Å². The number of aldehydes is 2. The van der Waals surface area contributed by atoms with Gasteiger partial charge in [-0.3, -0.25) is 14.4 Å². The quantitative estimate of drug-likeness (QED) is 0.217. The van der Waals surface area contributed by atoms with Crippen molar-refractivity contribution in [1.29, 1.82) is 0 Å². The Bertz CT molecular complexity index is 1240. The van der Waals surface area contributed by atoms with Crippen LogP contribution in [0, 0.1) is 50.7 Å². The highest BCUT2D eigenvalue weighted by atomic mass is 16.7. The molecule has 13 atom stereocenters. The van der Waals surface area contributed by atoms with Crippen LogP contribution in [0.4, 0.5) is 0 Å². The third-order valence-electron chi connectivity index (χ3n) is 14.6. The highest BCUT2D eigenvalue weighted by Gasteiger charge is 2.85. The summed E-state index contributed by atoms with van der Waals surface area (Å²) >= 11 is 0. The SMILES string of the molecule is CC(=O)O[C@@H]([C@H]1C[C@@H](C)C2[C@H](O1)C(=O)[C@@]1(C)[C@@H]3CC[C@H]4C(C)(C)[C@@H](OC(C=O)OCC=O)CC[C@@]45C[C@@]35CC[C@]21C)C(C)(C)O. The number of fused-ring (bicyclic) bond motifs is 4. The standard InChI is InChI=1S/C36H54O9/c1-20-17-22(30(32(5,6)41)43-21(2)39)44-28-27(20)33(7)13-14-36-19-35(36)12-11-25(45-26(18-38)42-16-15-37)31(3,4)23(35)9-10-24(36)34(33,8)29(28)40/h15,18,20,22-28,30,41H,9-14,16-17,19H2,1-8H3/t20-,22-,23+,24+,25+,26?,27?,28+,30+,33-,34-,35-,36+/m1/s1. The normalized spacial score (nSPS) is 47.6. The van der Waals surface area contributed by atoms with Gasteiger partial charge < -0.3 is 28.8 Å². The molecule has 6 aliphatic rings. The summed E-state index contributed by atoms with van der Waals surface area (Å²) in [5, 5.41) is 11.0. The number of hydrogen-bond acceptors (Lipinski definition) is 9. The van der Waals surface area contributed by atoms with E-state index in [4.69, 9.17) is 18.9 Å². The van der Waals surface area contributed by atoms with E-state index in [2.05, 4.69) is 34.6 Å². The Morgan fingerprint density at radius 3 is 2.36 bits per heavy atom. The monoisotopic (exact) mass is 630 g/mol. The van der Waals surface area contributed by atoms with Gasteiger partial charge in [0.2, 0.25) is 6.29 Å². The lowest BCUT2D eigenvalue weighted by molar-refractivity contribution is -0.221. The molecule has 6 fully saturated rings. The molecule has 1 saturated heterocycles. The summed E-state index contributed by atoms with van der Waals surface area (Å²) in [5.74, 6) is 0.636. The highest BCUT2D eigenvalue weighted by Crippen LogP contribution is 2.89. The second-order valence-corrected chi connectivity index (χ2v) is 17.2. The fourth-order valence-electron chi connectivity index (χ4n) is 12.7. The molecule has 0 aromatic heterocycles. The molecule has 1 aliphatic heterocycles. The molecule has 252 valence electrons. The molecule has 9 nitrogen and oxygen atoms in total. The van der Waals surface area contributed by atoms with Crippen LogP contribution >= 0.6 is 0 Å². The zero-order valence-corrected chi connectivity index (χ0v) is 28.4. The van der Waals surface area contributed by atoms with Crippen LogP contribution < -0.4 is 0 Å². The van der Waals surface area contributed by atoms with E-state index in [0.29, 0.717) is 24.9 Å². The van der Waals surface area contributed by atoms with Crippen LogP contribution in [0.25, 0.3) is 0 Å². The maximum atomic E-state index is 14.9. The van der Waals surface area contributed by atoms with E-state index in [1.807, 2.05) is 0 Å². The topological polar surface area (TPSA) is 125 Å². The van der Waals surface area contributed by atoms with E-state index in [1.54, 1.807) is 13.8 Å². The van der Waals surface area contributed by atoms with E-state index in [9.17, 15) is 24.3 Å². The molecule has 0 radical (unpaired) electrons. The lowest BCUT2D eigenvalue weighted by Gasteiger charge is -2.62. The van der Waals surface area contributed by atoms with Crippen LogP contribution in [-0.4, -0.2) is 72.3 Å². The number of ketones is 1. The summed E-state index contributed by atoms with van der Waals surface area (Å²) in [6.07, 6.45) is 5.69. The number of hydrogen-bond donors (Lipinski definition) is 1. The zero-order valence-electron chi connectivity index (χ0n) is 28.4. The van der Waals surface area contributed by atoms with Gasteiger partial charge in [-0.05, 0) is 105 Å². The first-order valence-corrected chi connectivity index (χ1v) is 17.2. The molecule has 5 saturated carbocycles. The van der Waals surface area contributed by atoms with Gasteiger partial charge in [0.15, 0.2) is 18.2 Å². The van der Waals surface area contributed by atoms with E-state index < -0.39 is 41.6 Å². The van der Waals surface area contributed by atoms with Gasteiger partial charge in [-0.2, -0.15) is 0 Å². The first kappa shape index (κ1) is 33.2. The molecule has 2 unspecified atom stereocenters. The van der Waals surface area contributed by atoms with Gasteiger partial charge in [-0.1, -0.05) is 34.6 Å². The molecule has 6 rings (SSSR count). The van der Waals surface area contributed by atoms with Crippen molar-refractivity contribution < 1.29 is 43.2 Å². The summed E-state index contributed by atoms with van der Waals surface area (Å²) in [5.41, 5.74) is -2.00. The third kappa shape index (κ3) is 4.45. The van der Waals surface area contributed by atoms with Crippen molar-refractivity contribution in [2.75, 3.05) is 6.61 Å². The van der Waals surface area contributed by atoms with Crippen molar-refractivity contribution in [2.24, 2.45) is 50.7 Å². The smallest absolute Gasteiger partial charge is 0.303 e. The Morgan fingerprint density at radius 1 is 1.07 bits per heavy atom. The maximum Gasteiger partial charge on any atom is 0.303 e. The molecule has 9 heteroatoms. The fraction of sp³-hybridized carbons (Fsp3) is 0.889. The minimum atomic E-state index is -1.31. The van der Waals surface area contributed by atoms with Gasteiger partial charge in [0.05, 0.1) is 17.8 Å². The number of carbonyl (C=O) groups excluding carboxylic acids is 4. The summed E-state index contributed by atoms with van der Waals surface area (Å²) in [6, 6.07) is 0. The lowest BCUT2D eigenvalue weighted by atomic mass is 9.41. The van der Waals surface area contributed by atoms with Gasteiger partial charge in [0, 0.05) is 18.3 Å². The van der Waals surface area contributed by atoms with Crippen LogP contribution in [0.2, 0.25) is 0 Å². The first-order chi connectivity index (χ1) is 20.9. The molecule has 0 amide bonds. The largest absolute Gasteiger partial charge is 0.457 e. The predicted octanol–water partition coefficient (Wildman–Crippen LogP) is 4.84. The molecule has 0 bridgehead atoms. The molecule has 1 heterocycles. The molecular weight excluding hydrogens is 576 g/mol.